The van der Waals surface area contributed by atoms with E-state index in [0.29, 0.717) is 22.8 Å². The first kappa shape index (κ1) is 20.5. The number of likely N-dealkylation sites (N-methyl/N-ethyl adjacent to an activating group) is 1. The van der Waals surface area contributed by atoms with Gasteiger partial charge in [0.05, 0.1) is 10.2 Å². The van der Waals surface area contributed by atoms with Gasteiger partial charge >= 0.3 is 0 Å². The van der Waals surface area contributed by atoms with Gasteiger partial charge in [-0.2, -0.15) is 0 Å². The molecule has 0 saturated heterocycles. The van der Waals surface area contributed by atoms with E-state index in [9.17, 15) is 9.59 Å². The molecule has 0 atom stereocenters. The zero-order valence-electron chi connectivity index (χ0n) is 16.4. The molecular formula is C21H23N3O2S2. The van der Waals surface area contributed by atoms with Gasteiger partial charge in [0.2, 0.25) is 0 Å². The monoisotopic (exact) mass is 413 g/mol. The average Bonchev–Trinajstić information content (AvgIpc) is 3.10. The largest absolute Gasteiger partial charge is 0.308 e. The van der Waals surface area contributed by atoms with Crippen LogP contribution in [0, 0.1) is 0 Å². The number of benzene rings is 2. The molecule has 2 aromatic carbocycles. The Bertz CT molecular complexity index is 997. The maximum Gasteiger partial charge on any atom is 0.260 e. The predicted molar refractivity (Wildman–Crippen MR) is 118 cm³/mol. The zero-order valence-corrected chi connectivity index (χ0v) is 18.1. The van der Waals surface area contributed by atoms with Gasteiger partial charge in [0, 0.05) is 29.1 Å². The lowest BCUT2D eigenvalue weighted by Gasteiger charge is -2.22. The van der Waals surface area contributed by atoms with Crippen LogP contribution in [0.25, 0.3) is 10.2 Å². The second-order valence-corrected chi connectivity index (χ2v) is 8.61. The number of ketones is 1. The van der Waals surface area contributed by atoms with Crippen molar-refractivity contribution in [3.8, 4) is 0 Å². The highest BCUT2D eigenvalue weighted by atomic mass is 32.2. The fourth-order valence-electron chi connectivity index (χ4n) is 2.72. The molecule has 146 valence electrons. The average molecular weight is 414 g/mol. The van der Waals surface area contributed by atoms with Gasteiger partial charge in [-0.05, 0) is 57.6 Å². The summed E-state index contributed by atoms with van der Waals surface area (Å²) in [5.41, 5.74) is 2.04. The highest BCUT2D eigenvalue weighted by Gasteiger charge is 2.21. The molecule has 0 N–H and O–H groups in total. The van der Waals surface area contributed by atoms with Gasteiger partial charge in [-0.25, -0.2) is 4.98 Å². The molecule has 0 saturated carbocycles. The Balaban J connectivity index is 1.95. The minimum atomic E-state index is -0.110. The summed E-state index contributed by atoms with van der Waals surface area (Å²) in [7, 11) is 3.96. The zero-order chi connectivity index (χ0) is 20.3. The van der Waals surface area contributed by atoms with Crippen LogP contribution in [0.3, 0.4) is 0 Å². The van der Waals surface area contributed by atoms with E-state index in [4.69, 9.17) is 4.98 Å². The van der Waals surface area contributed by atoms with Crippen LogP contribution in [0.1, 0.15) is 27.6 Å². The van der Waals surface area contributed by atoms with E-state index >= 15 is 0 Å². The molecule has 1 aromatic heterocycles. The molecule has 28 heavy (non-hydrogen) atoms. The van der Waals surface area contributed by atoms with Crippen molar-refractivity contribution in [2.75, 3.05) is 38.3 Å². The minimum Gasteiger partial charge on any atom is -0.308 e. The van der Waals surface area contributed by atoms with Gasteiger partial charge in [0.25, 0.3) is 5.91 Å². The predicted octanol–water partition coefficient (Wildman–Crippen LogP) is 4.43. The number of anilines is 1. The quantitative estimate of drug-likeness (QED) is 0.424. The highest BCUT2D eigenvalue weighted by Crippen LogP contribution is 2.32. The van der Waals surface area contributed by atoms with E-state index in [2.05, 4.69) is 6.07 Å². The van der Waals surface area contributed by atoms with Crippen molar-refractivity contribution in [3.63, 3.8) is 0 Å². The minimum absolute atomic E-state index is 0.0146. The number of rotatable bonds is 7. The fourth-order valence-corrected chi connectivity index (χ4v) is 4.27. The Morgan fingerprint density at radius 3 is 2.32 bits per heavy atom. The van der Waals surface area contributed by atoms with Crippen molar-refractivity contribution < 1.29 is 9.59 Å². The number of amides is 1. The van der Waals surface area contributed by atoms with E-state index in [0.717, 1.165) is 16.8 Å². The van der Waals surface area contributed by atoms with Crippen molar-refractivity contribution in [1.29, 1.82) is 0 Å². The standard InChI is InChI=1S/C21H23N3O2S2/c1-14(25)15-5-7-16(8-6-15)20(26)24(12-11-23(2)3)21-22-18-10-9-17(27-4)13-19(18)28-21/h5-10,13H,11-12H2,1-4H3. The van der Waals surface area contributed by atoms with Gasteiger partial charge in [0.1, 0.15) is 0 Å². The molecule has 0 bridgehead atoms. The third-order valence-corrected chi connectivity index (χ3v) is 6.14. The molecule has 0 spiro atoms. The Hall–Kier alpha value is -2.22. The maximum atomic E-state index is 13.2. The molecule has 0 fully saturated rings. The lowest BCUT2D eigenvalue weighted by atomic mass is 10.1. The van der Waals surface area contributed by atoms with Crippen LogP contribution in [-0.2, 0) is 0 Å². The number of carbonyl (C=O) groups is 2. The normalized spacial score (nSPS) is 11.2. The van der Waals surface area contributed by atoms with Crippen molar-refractivity contribution >= 4 is 50.1 Å². The van der Waals surface area contributed by atoms with Gasteiger partial charge in [-0.15, -0.1) is 11.8 Å². The van der Waals surface area contributed by atoms with Gasteiger partial charge in [-0.3, -0.25) is 14.5 Å². The number of hydrogen-bond acceptors (Lipinski definition) is 6. The third kappa shape index (κ3) is 4.60. The lowest BCUT2D eigenvalue weighted by Crippen LogP contribution is -2.36. The molecule has 5 nitrogen and oxygen atoms in total. The molecule has 0 unspecified atom stereocenters. The van der Waals surface area contributed by atoms with Crippen molar-refractivity contribution in [2.45, 2.75) is 11.8 Å². The summed E-state index contributed by atoms with van der Waals surface area (Å²) >= 11 is 3.21. The smallest absolute Gasteiger partial charge is 0.260 e. The molecule has 3 rings (SSSR count). The molecule has 1 amide bonds. The second kappa shape index (κ2) is 8.86. The second-order valence-electron chi connectivity index (χ2n) is 6.72. The lowest BCUT2D eigenvalue weighted by molar-refractivity contribution is 0.0981. The van der Waals surface area contributed by atoms with E-state index in [1.54, 1.807) is 40.9 Å². The van der Waals surface area contributed by atoms with Crippen LogP contribution in [0.15, 0.2) is 47.4 Å². The summed E-state index contributed by atoms with van der Waals surface area (Å²) in [4.78, 5) is 34.4. The summed E-state index contributed by atoms with van der Waals surface area (Å²) in [6.45, 7) is 2.78. The molecule has 0 aliphatic rings. The Morgan fingerprint density at radius 2 is 1.71 bits per heavy atom. The summed E-state index contributed by atoms with van der Waals surface area (Å²) < 4.78 is 1.07. The summed E-state index contributed by atoms with van der Waals surface area (Å²) in [5, 5.41) is 0.691. The first-order valence-corrected chi connectivity index (χ1v) is 11.0. The Kier molecular flexibility index (Phi) is 6.49. The van der Waals surface area contributed by atoms with Crippen LogP contribution in [0.2, 0.25) is 0 Å². The van der Waals surface area contributed by atoms with Crippen molar-refractivity contribution in [3.05, 3.63) is 53.6 Å². The molecule has 7 heteroatoms. The maximum absolute atomic E-state index is 13.2. The SMILES string of the molecule is CSc1ccc2nc(N(CCN(C)C)C(=O)c3ccc(C(C)=O)cc3)sc2c1. The molecule has 1 heterocycles. The molecular weight excluding hydrogens is 390 g/mol. The van der Waals surface area contributed by atoms with Crippen LogP contribution in [-0.4, -0.2) is 55.0 Å². The number of nitrogens with zero attached hydrogens (tertiary/aromatic N) is 3. The summed E-state index contributed by atoms with van der Waals surface area (Å²) in [6, 6.07) is 13.0. The Labute approximate surface area is 173 Å². The van der Waals surface area contributed by atoms with E-state index in [1.165, 1.54) is 23.2 Å². The number of thiazole rings is 1. The first-order valence-electron chi connectivity index (χ1n) is 8.91. The highest BCUT2D eigenvalue weighted by molar-refractivity contribution is 7.98. The molecule has 0 aliphatic heterocycles. The van der Waals surface area contributed by atoms with Crippen LogP contribution < -0.4 is 4.90 Å². The molecule has 0 radical (unpaired) electrons. The fraction of sp³-hybridized carbons (Fsp3) is 0.286. The third-order valence-electron chi connectivity index (χ3n) is 4.37. The van der Waals surface area contributed by atoms with Gasteiger partial charge < -0.3 is 4.90 Å². The topological polar surface area (TPSA) is 53.5 Å². The number of hydrogen-bond donors (Lipinski definition) is 0. The van der Waals surface area contributed by atoms with Gasteiger partial charge in [0.15, 0.2) is 10.9 Å². The van der Waals surface area contributed by atoms with Crippen LogP contribution in [0.5, 0.6) is 0 Å². The number of carbonyl (C=O) groups excluding carboxylic acids is 2. The van der Waals surface area contributed by atoms with Crippen LogP contribution in [0.4, 0.5) is 5.13 Å². The number of Topliss-reactive ketones (excluding diaryl/α,β-unsaturated/α-hetero) is 1. The number of thioether (sulfide) groups is 1. The molecule has 0 aliphatic carbocycles. The van der Waals surface area contributed by atoms with E-state index in [-0.39, 0.29) is 11.7 Å². The van der Waals surface area contributed by atoms with Crippen molar-refractivity contribution in [2.24, 2.45) is 0 Å². The summed E-state index contributed by atoms with van der Waals surface area (Å²) in [6.07, 6.45) is 2.04. The summed E-state index contributed by atoms with van der Waals surface area (Å²) in [5.74, 6) is -0.125. The number of aromatic nitrogens is 1. The van der Waals surface area contributed by atoms with E-state index in [1.807, 2.05) is 37.4 Å². The molecule has 3 aromatic rings. The van der Waals surface area contributed by atoms with Crippen LogP contribution >= 0.6 is 23.1 Å². The first-order chi connectivity index (χ1) is 13.4. The van der Waals surface area contributed by atoms with E-state index < -0.39 is 0 Å². The Morgan fingerprint density at radius 1 is 1.04 bits per heavy atom. The number of fused-ring (bicyclic) bond motifs is 1. The van der Waals surface area contributed by atoms with Crippen molar-refractivity contribution in [1.82, 2.24) is 9.88 Å². The van der Waals surface area contributed by atoms with Gasteiger partial charge in [-0.1, -0.05) is 23.5 Å².